The van der Waals surface area contributed by atoms with E-state index in [1.165, 1.54) is 5.56 Å². The molecule has 0 bridgehead atoms. The van der Waals surface area contributed by atoms with Gasteiger partial charge < -0.3 is 10.1 Å². The molecular weight excluding hydrogens is 389 g/mol. The van der Waals surface area contributed by atoms with Crippen molar-refractivity contribution in [3.05, 3.63) is 57.7 Å². The molecule has 2 aromatic rings. The number of amides is 1. The monoisotopic (exact) mass is 409 g/mol. The van der Waals surface area contributed by atoms with Crippen molar-refractivity contribution in [2.45, 2.75) is 32.8 Å². The van der Waals surface area contributed by atoms with Crippen LogP contribution in [0.5, 0.6) is 5.75 Å². The number of halogens is 1. The lowest BCUT2D eigenvalue weighted by molar-refractivity contribution is -0.122. The van der Waals surface area contributed by atoms with E-state index in [1.807, 2.05) is 55.5 Å². The molecular formula is C18H20INO2. The average Bonchev–Trinajstić information content (AvgIpc) is 2.55. The molecule has 0 aliphatic carbocycles. The Labute approximate surface area is 145 Å². The quantitative estimate of drug-likeness (QED) is 0.706. The van der Waals surface area contributed by atoms with Crippen LogP contribution < -0.4 is 10.1 Å². The van der Waals surface area contributed by atoms with E-state index in [-0.39, 0.29) is 5.91 Å². The second kappa shape index (κ2) is 8.17. The number of nitrogens with one attached hydrogen (secondary N) is 1. The van der Waals surface area contributed by atoms with Gasteiger partial charge in [0.05, 0.1) is 0 Å². The molecule has 2 aromatic carbocycles. The third kappa shape index (κ3) is 4.73. The third-order valence-corrected chi connectivity index (χ3v) is 4.10. The van der Waals surface area contributed by atoms with Crippen molar-refractivity contribution in [1.29, 1.82) is 0 Å². The van der Waals surface area contributed by atoms with Crippen molar-refractivity contribution in [2.24, 2.45) is 0 Å². The fraction of sp³-hybridized carbons (Fsp3) is 0.278. The minimum Gasteiger partial charge on any atom is -0.481 e. The number of rotatable bonds is 6. The SMILES string of the molecule is CCc1ccc(O[C@H](CC)C(=O)Nc2ccc(I)cc2)cc1. The predicted octanol–water partition coefficient (Wildman–Crippen LogP) is 4.65. The molecule has 3 nitrogen and oxygen atoms in total. The summed E-state index contributed by atoms with van der Waals surface area (Å²) in [5, 5.41) is 2.90. The maximum atomic E-state index is 12.3. The summed E-state index contributed by atoms with van der Waals surface area (Å²) in [6.45, 7) is 4.05. The Kier molecular flexibility index (Phi) is 6.24. The normalized spacial score (nSPS) is 11.8. The van der Waals surface area contributed by atoms with E-state index in [9.17, 15) is 4.79 Å². The fourth-order valence-electron chi connectivity index (χ4n) is 2.05. The van der Waals surface area contributed by atoms with Gasteiger partial charge in [-0.2, -0.15) is 0 Å². The molecule has 0 saturated heterocycles. The first-order valence-electron chi connectivity index (χ1n) is 7.44. The van der Waals surface area contributed by atoms with Crippen molar-refractivity contribution in [1.82, 2.24) is 0 Å². The fourth-order valence-corrected chi connectivity index (χ4v) is 2.41. The molecule has 0 fully saturated rings. The number of hydrogen-bond acceptors (Lipinski definition) is 2. The van der Waals surface area contributed by atoms with Crippen LogP contribution in [0.25, 0.3) is 0 Å². The van der Waals surface area contributed by atoms with E-state index in [4.69, 9.17) is 4.74 Å². The van der Waals surface area contributed by atoms with Crippen molar-refractivity contribution >= 4 is 34.2 Å². The van der Waals surface area contributed by atoms with Gasteiger partial charge >= 0.3 is 0 Å². The van der Waals surface area contributed by atoms with Gasteiger partial charge in [-0.1, -0.05) is 26.0 Å². The van der Waals surface area contributed by atoms with Crippen LogP contribution in [0.3, 0.4) is 0 Å². The van der Waals surface area contributed by atoms with Gasteiger partial charge in [0.25, 0.3) is 5.91 Å². The van der Waals surface area contributed by atoms with E-state index < -0.39 is 6.10 Å². The summed E-state index contributed by atoms with van der Waals surface area (Å²) in [6, 6.07) is 15.6. The number of aryl methyl sites for hydroxylation is 1. The number of carbonyl (C=O) groups is 1. The topological polar surface area (TPSA) is 38.3 Å². The maximum Gasteiger partial charge on any atom is 0.265 e. The Morgan fingerprint density at radius 2 is 1.73 bits per heavy atom. The molecule has 4 heteroatoms. The first-order chi connectivity index (χ1) is 10.6. The van der Waals surface area contributed by atoms with Gasteiger partial charge in [-0.3, -0.25) is 4.79 Å². The molecule has 0 aliphatic rings. The average molecular weight is 409 g/mol. The zero-order valence-corrected chi connectivity index (χ0v) is 15.0. The summed E-state index contributed by atoms with van der Waals surface area (Å²) in [5.74, 6) is 0.602. The van der Waals surface area contributed by atoms with Gasteiger partial charge in [0.2, 0.25) is 0 Å². The Balaban J connectivity index is 2.00. The minimum absolute atomic E-state index is 0.122. The number of anilines is 1. The maximum absolute atomic E-state index is 12.3. The molecule has 116 valence electrons. The molecule has 0 heterocycles. The molecule has 1 atom stereocenters. The Morgan fingerprint density at radius 3 is 2.27 bits per heavy atom. The van der Waals surface area contributed by atoms with Crippen LogP contribution >= 0.6 is 22.6 Å². The summed E-state index contributed by atoms with van der Waals surface area (Å²) in [5.41, 5.74) is 2.04. The Bertz CT molecular complexity index is 608. The predicted molar refractivity (Wildman–Crippen MR) is 98.3 cm³/mol. The van der Waals surface area contributed by atoms with Crippen LogP contribution in [0, 0.1) is 3.57 Å². The van der Waals surface area contributed by atoms with E-state index in [0.29, 0.717) is 6.42 Å². The lowest BCUT2D eigenvalue weighted by Gasteiger charge is -2.17. The number of benzene rings is 2. The molecule has 0 unspecified atom stereocenters. The number of carbonyl (C=O) groups excluding carboxylic acids is 1. The van der Waals surface area contributed by atoms with Crippen molar-refractivity contribution in [3.63, 3.8) is 0 Å². The first kappa shape index (κ1) is 16.8. The summed E-state index contributed by atoms with van der Waals surface area (Å²) >= 11 is 2.23. The lowest BCUT2D eigenvalue weighted by atomic mass is 10.1. The van der Waals surface area contributed by atoms with E-state index in [1.54, 1.807) is 0 Å². The van der Waals surface area contributed by atoms with Gasteiger partial charge in [-0.25, -0.2) is 0 Å². The second-order valence-electron chi connectivity index (χ2n) is 5.01. The summed E-state index contributed by atoms with van der Waals surface area (Å²) in [4.78, 5) is 12.3. The number of hydrogen-bond donors (Lipinski definition) is 1. The Hall–Kier alpha value is -1.56. The van der Waals surface area contributed by atoms with Gasteiger partial charge in [0.1, 0.15) is 5.75 Å². The molecule has 2 rings (SSSR count). The van der Waals surface area contributed by atoms with Gasteiger partial charge in [0, 0.05) is 9.26 Å². The first-order valence-corrected chi connectivity index (χ1v) is 8.52. The molecule has 22 heavy (non-hydrogen) atoms. The van der Waals surface area contributed by atoms with Crippen LogP contribution in [0.4, 0.5) is 5.69 Å². The molecule has 0 aromatic heterocycles. The lowest BCUT2D eigenvalue weighted by Crippen LogP contribution is -2.32. The van der Waals surface area contributed by atoms with Gasteiger partial charge in [-0.15, -0.1) is 0 Å². The molecule has 0 radical (unpaired) electrons. The molecule has 1 amide bonds. The summed E-state index contributed by atoms with van der Waals surface area (Å²) in [6.07, 6.45) is 1.11. The van der Waals surface area contributed by atoms with E-state index in [2.05, 4.69) is 34.8 Å². The molecule has 0 aliphatic heterocycles. The highest BCUT2D eigenvalue weighted by Gasteiger charge is 2.18. The Morgan fingerprint density at radius 1 is 1.09 bits per heavy atom. The number of ether oxygens (including phenoxy) is 1. The van der Waals surface area contributed by atoms with Crippen molar-refractivity contribution < 1.29 is 9.53 Å². The highest BCUT2D eigenvalue weighted by molar-refractivity contribution is 14.1. The van der Waals surface area contributed by atoms with Crippen LogP contribution in [0.15, 0.2) is 48.5 Å². The zero-order valence-electron chi connectivity index (χ0n) is 12.8. The van der Waals surface area contributed by atoms with Crippen LogP contribution in [0.1, 0.15) is 25.8 Å². The molecule has 0 saturated carbocycles. The minimum atomic E-state index is -0.494. The standard InChI is InChI=1S/C18H20INO2/c1-3-13-5-11-16(12-6-13)22-17(4-2)18(21)20-15-9-7-14(19)8-10-15/h5-12,17H,3-4H2,1-2H3,(H,20,21)/t17-/m1/s1. The smallest absolute Gasteiger partial charge is 0.265 e. The van der Waals surface area contributed by atoms with Crippen LogP contribution in [-0.4, -0.2) is 12.0 Å². The van der Waals surface area contributed by atoms with Gasteiger partial charge in [0.15, 0.2) is 6.10 Å². The highest BCUT2D eigenvalue weighted by atomic mass is 127. The van der Waals surface area contributed by atoms with Crippen LogP contribution in [-0.2, 0) is 11.2 Å². The summed E-state index contributed by atoms with van der Waals surface area (Å²) < 4.78 is 6.94. The second-order valence-corrected chi connectivity index (χ2v) is 6.25. The van der Waals surface area contributed by atoms with Crippen molar-refractivity contribution in [2.75, 3.05) is 5.32 Å². The highest BCUT2D eigenvalue weighted by Crippen LogP contribution is 2.17. The van der Waals surface area contributed by atoms with Crippen LogP contribution in [0.2, 0.25) is 0 Å². The van der Waals surface area contributed by atoms with Crippen molar-refractivity contribution in [3.8, 4) is 5.75 Å². The zero-order chi connectivity index (χ0) is 15.9. The van der Waals surface area contributed by atoms with Gasteiger partial charge in [-0.05, 0) is 77.4 Å². The summed E-state index contributed by atoms with van der Waals surface area (Å²) in [7, 11) is 0. The molecule has 0 spiro atoms. The molecule has 1 N–H and O–H groups in total. The largest absolute Gasteiger partial charge is 0.481 e. The van der Waals surface area contributed by atoms with E-state index >= 15 is 0 Å². The van der Waals surface area contributed by atoms with E-state index in [0.717, 1.165) is 21.4 Å². The third-order valence-electron chi connectivity index (χ3n) is 3.38.